The van der Waals surface area contributed by atoms with E-state index in [0.717, 1.165) is 11.2 Å². The Labute approximate surface area is 140 Å². The van der Waals surface area contributed by atoms with Crippen molar-refractivity contribution in [2.24, 2.45) is 0 Å². The molecule has 1 aromatic rings. The van der Waals surface area contributed by atoms with Crippen molar-refractivity contribution in [3.63, 3.8) is 0 Å². The van der Waals surface area contributed by atoms with E-state index >= 15 is 0 Å². The zero-order valence-corrected chi connectivity index (χ0v) is 14.1. The maximum Gasteiger partial charge on any atom is 0.261 e. The predicted molar refractivity (Wildman–Crippen MR) is 86.9 cm³/mol. The molecule has 2 N–H and O–H groups in total. The highest BCUT2D eigenvalue weighted by Crippen LogP contribution is 2.22. The van der Waals surface area contributed by atoms with Gasteiger partial charge in [0.2, 0.25) is 15.9 Å². The molecule has 0 fully saturated rings. The fourth-order valence-electron chi connectivity index (χ4n) is 2.37. The van der Waals surface area contributed by atoms with Crippen molar-refractivity contribution < 1.29 is 22.8 Å². The monoisotopic (exact) mass is 353 g/mol. The van der Waals surface area contributed by atoms with Gasteiger partial charge in [-0.1, -0.05) is 12.1 Å². The number of amides is 3. The summed E-state index contributed by atoms with van der Waals surface area (Å²) in [6.45, 7) is 0.462. The first-order valence-electron chi connectivity index (χ1n) is 7.46. The molecule has 130 valence electrons. The van der Waals surface area contributed by atoms with Gasteiger partial charge in [0.1, 0.15) is 0 Å². The normalized spacial score (nSPS) is 14.0. The molecule has 1 aliphatic rings. The van der Waals surface area contributed by atoms with Crippen molar-refractivity contribution in [3.8, 4) is 0 Å². The van der Waals surface area contributed by atoms with Crippen molar-refractivity contribution in [3.05, 3.63) is 35.4 Å². The van der Waals surface area contributed by atoms with Gasteiger partial charge in [-0.2, -0.15) is 0 Å². The number of fused-ring (bicyclic) bond motifs is 1. The van der Waals surface area contributed by atoms with E-state index in [1.807, 2.05) is 0 Å². The lowest BCUT2D eigenvalue weighted by atomic mass is 10.1. The van der Waals surface area contributed by atoms with E-state index in [1.54, 1.807) is 24.3 Å². The van der Waals surface area contributed by atoms with Gasteiger partial charge in [0.05, 0.1) is 17.4 Å². The smallest absolute Gasteiger partial charge is 0.261 e. The molecule has 0 unspecified atom stereocenters. The molecule has 24 heavy (non-hydrogen) atoms. The molecule has 0 aromatic heterocycles. The van der Waals surface area contributed by atoms with E-state index in [1.165, 1.54) is 0 Å². The molecule has 1 aromatic carbocycles. The number of carbonyl (C=O) groups excluding carboxylic acids is 3. The van der Waals surface area contributed by atoms with Crippen molar-refractivity contribution in [2.75, 3.05) is 25.9 Å². The summed E-state index contributed by atoms with van der Waals surface area (Å²) in [5.41, 5.74) is 0.776. The van der Waals surface area contributed by atoms with Gasteiger partial charge in [0, 0.05) is 26.1 Å². The largest absolute Gasteiger partial charge is 0.355 e. The van der Waals surface area contributed by atoms with Crippen LogP contribution in [0.25, 0.3) is 0 Å². The lowest BCUT2D eigenvalue weighted by Crippen LogP contribution is -2.35. The second kappa shape index (κ2) is 7.54. The highest BCUT2D eigenvalue weighted by molar-refractivity contribution is 7.88. The van der Waals surface area contributed by atoms with Crippen LogP contribution in [0.5, 0.6) is 0 Å². The molecule has 0 spiro atoms. The van der Waals surface area contributed by atoms with Gasteiger partial charge < -0.3 is 5.32 Å². The topological polar surface area (TPSA) is 113 Å². The Kier molecular flexibility index (Phi) is 5.68. The summed E-state index contributed by atoms with van der Waals surface area (Å²) >= 11 is 0. The van der Waals surface area contributed by atoms with E-state index in [-0.39, 0.29) is 43.8 Å². The van der Waals surface area contributed by atoms with Crippen LogP contribution in [0, 0.1) is 0 Å². The van der Waals surface area contributed by atoms with E-state index < -0.39 is 10.0 Å². The zero-order valence-electron chi connectivity index (χ0n) is 13.2. The number of nitrogens with one attached hydrogen (secondary N) is 2. The highest BCUT2D eigenvalue weighted by atomic mass is 32.2. The van der Waals surface area contributed by atoms with Gasteiger partial charge in [-0.05, 0) is 18.6 Å². The molecule has 0 aliphatic carbocycles. The zero-order chi connectivity index (χ0) is 17.7. The van der Waals surface area contributed by atoms with Crippen LogP contribution in [0.3, 0.4) is 0 Å². The molecule has 0 radical (unpaired) electrons. The van der Waals surface area contributed by atoms with Crippen molar-refractivity contribution in [2.45, 2.75) is 12.8 Å². The Morgan fingerprint density at radius 2 is 1.67 bits per heavy atom. The first-order valence-corrected chi connectivity index (χ1v) is 9.35. The third-order valence-corrected chi connectivity index (χ3v) is 4.20. The number of rotatable bonds is 8. The molecule has 1 heterocycles. The Hall–Kier alpha value is -2.26. The number of imide groups is 1. The quantitative estimate of drug-likeness (QED) is 0.493. The Morgan fingerprint density at radius 3 is 2.21 bits per heavy atom. The van der Waals surface area contributed by atoms with Crippen LogP contribution in [-0.2, 0) is 14.8 Å². The van der Waals surface area contributed by atoms with Gasteiger partial charge in [-0.25, -0.2) is 13.1 Å². The van der Waals surface area contributed by atoms with Crippen LogP contribution in [0.15, 0.2) is 24.3 Å². The second-order valence-electron chi connectivity index (χ2n) is 5.43. The lowest BCUT2D eigenvalue weighted by Gasteiger charge is -2.13. The van der Waals surface area contributed by atoms with Crippen LogP contribution < -0.4 is 10.0 Å². The predicted octanol–water partition coefficient (Wildman–Crippen LogP) is -0.272. The molecule has 0 saturated carbocycles. The minimum absolute atomic E-state index is 0.114. The first kappa shape index (κ1) is 18.1. The van der Waals surface area contributed by atoms with Crippen LogP contribution in [0.4, 0.5) is 0 Å². The molecule has 3 amide bonds. The third kappa shape index (κ3) is 4.62. The summed E-state index contributed by atoms with van der Waals surface area (Å²) in [6.07, 6.45) is 1.53. The number of sulfonamides is 1. The molecular formula is C15H19N3O5S. The van der Waals surface area contributed by atoms with Crippen molar-refractivity contribution >= 4 is 27.7 Å². The number of carbonyl (C=O) groups is 3. The molecule has 2 rings (SSSR count). The third-order valence-electron chi connectivity index (χ3n) is 3.48. The van der Waals surface area contributed by atoms with Gasteiger partial charge in [0.15, 0.2) is 0 Å². The Balaban J connectivity index is 1.72. The summed E-state index contributed by atoms with van der Waals surface area (Å²) in [5, 5.41) is 2.57. The number of nitrogens with zero attached hydrogens (tertiary/aromatic N) is 1. The molecule has 1 aliphatic heterocycles. The van der Waals surface area contributed by atoms with Gasteiger partial charge in [0.25, 0.3) is 11.8 Å². The first-order chi connectivity index (χ1) is 11.3. The van der Waals surface area contributed by atoms with Crippen molar-refractivity contribution in [1.82, 2.24) is 14.9 Å². The van der Waals surface area contributed by atoms with Gasteiger partial charge in [-0.3, -0.25) is 19.3 Å². The number of hydrogen-bond acceptors (Lipinski definition) is 5. The molecular weight excluding hydrogens is 334 g/mol. The van der Waals surface area contributed by atoms with Gasteiger partial charge >= 0.3 is 0 Å². The standard InChI is InChI=1S/C15H19N3O5S/c1-24(22,23)17-9-8-16-13(19)7-4-10-18-14(20)11-5-2-3-6-12(11)15(18)21/h2-3,5-6,17H,4,7-10H2,1H3,(H,16,19). The molecule has 0 saturated heterocycles. The van der Waals surface area contributed by atoms with E-state index in [2.05, 4.69) is 10.0 Å². The van der Waals surface area contributed by atoms with Crippen LogP contribution in [0.1, 0.15) is 33.6 Å². The summed E-state index contributed by atoms with van der Waals surface area (Å²) in [7, 11) is -3.27. The average molecular weight is 353 g/mol. The maximum absolute atomic E-state index is 12.1. The second-order valence-corrected chi connectivity index (χ2v) is 7.26. The SMILES string of the molecule is CS(=O)(=O)NCCNC(=O)CCCN1C(=O)c2ccccc2C1=O. The summed E-state index contributed by atoms with van der Waals surface area (Å²) in [4.78, 5) is 37.0. The van der Waals surface area contributed by atoms with Crippen LogP contribution in [-0.4, -0.2) is 56.9 Å². The van der Waals surface area contributed by atoms with E-state index in [0.29, 0.717) is 17.5 Å². The Bertz CT molecular complexity index is 725. The lowest BCUT2D eigenvalue weighted by molar-refractivity contribution is -0.121. The molecule has 9 heteroatoms. The van der Waals surface area contributed by atoms with E-state index in [9.17, 15) is 22.8 Å². The maximum atomic E-state index is 12.1. The summed E-state index contributed by atoms with van der Waals surface area (Å²) in [5.74, 6) is -0.941. The van der Waals surface area contributed by atoms with Crippen LogP contribution in [0.2, 0.25) is 0 Å². The minimum atomic E-state index is -3.27. The Morgan fingerprint density at radius 1 is 1.08 bits per heavy atom. The number of hydrogen-bond donors (Lipinski definition) is 2. The van der Waals surface area contributed by atoms with Gasteiger partial charge in [-0.15, -0.1) is 0 Å². The fraction of sp³-hybridized carbons (Fsp3) is 0.400. The molecule has 0 atom stereocenters. The number of benzene rings is 1. The summed E-state index contributed by atoms with van der Waals surface area (Å²) in [6, 6.07) is 6.62. The molecule has 0 bridgehead atoms. The van der Waals surface area contributed by atoms with E-state index in [4.69, 9.17) is 0 Å². The molecule has 8 nitrogen and oxygen atoms in total. The average Bonchev–Trinajstić information content (AvgIpc) is 2.76. The van der Waals surface area contributed by atoms with Crippen molar-refractivity contribution in [1.29, 1.82) is 0 Å². The minimum Gasteiger partial charge on any atom is -0.355 e. The summed E-state index contributed by atoms with van der Waals surface area (Å²) < 4.78 is 24.0. The highest BCUT2D eigenvalue weighted by Gasteiger charge is 2.34. The fourth-order valence-corrected chi connectivity index (χ4v) is 2.84. The van der Waals surface area contributed by atoms with Crippen LogP contribution >= 0.6 is 0 Å².